The summed E-state index contributed by atoms with van der Waals surface area (Å²) in [6.07, 6.45) is 0. The van der Waals surface area contributed by atoms with Gasteiger partial charge < -0.3 is 0 Å². The Balaban J connectivity index is 3.09. The van der Waals surface area contributed by atoms with Gasteiger partial charge in [-0.1, -0.05) is 11.6 Å². The van der Waals surface area contributed by atoms with Gasteiger partial charge >= 0.3 is 0 Å². The Morgan fingerprint density at radius 3 is 2.67 bits per heavy atom. The molecule has 0 saturated carbocycles. The lowest BCUT2D eigenvalue weighted by Crippen LogP contribution is -2.25. The van der Waals surface area contributed by atoms with E-state index in [1.807, 2.05) is 0 Å². The second-order valence-corrected chi connectivity index (χ2v) is 5.18. The molecule has 0 bridgehead atoms. The van der Waals surface area contributed by atoms with Crippen LogP contribution in [0.4, 0.5) is 4.39 Å². The molecular weight excluding hydrogens is 264 g/mol. The molecule has 0 fully saturated rings. The number of alkyl halides is 1. The van der Waals surface area contributed by atoms with Gasteiger partial charge in [-0.3, -0.25) is 0 Å². The molecule has 0 atom stereocenters. The quantitative estimate of drug-likeness (QED) is 0.852. The highest BCUT2D eigenvalue weighted by atomic mass is 35.5. The first-order chi connectivity index (χ1) is 6.97. The molecule has 7 heteroatoms. The number of hydrogen-bond donors (Lipinski definition) is 1. The maximum atomic E-state index is 12.8. The number of benzene rings is 1. The fraction of sp³-hybridized carbons (Fsp3) is 0.250. The van der Waals surface area contributed by atoms with Gasteiger partial charge in [0.1, 0.15) is 10.7 Å². The van der Waals surface area contributed by atoms with Crippen LogP contribution in [0.3, 0.4) is 0 Å². The van der Waals surface area contributed by atoms with Crippen molar-refractivity contribution < 1.29 is 12.8 Å². The molecule has 0 spiro atoms. The minimum atomic E-state index is -3.78. The average molecular weight is 272 g/mol. The van der Waals surface area contributed by atoms with E-state index in [4.69, 9.17) is 23.2 Å². The van der Waals surface area contributed by atoms with Gasteiger partial charge in [-0.05, 0) is 18.2 Å². The van der Waals surface area contributed by atoms with Crippen molar-refractivity contribution in [3.05, 3.63) is 29.0 Å². The molecule has 0 aromatic heterocycles. The van der Waals surface area contributed by atoms with E-state index in [-0.39, 0.29) is 22.3 Å². The van der Waals surface area contributed by atoms with Crippen LogP contribution >= 0.6 is 23.2 Å². The van der Waals surface area contributed by atoms with Crippen LogP contribution in [0.25, 0.3) is 0 Å². The summed E-state index contributed by atoms with van der Waals surface area (Å²) in [7, 11) is -3.78. The first-order valence-corrected chi connectivity index (χ1v) is 6.37. The molecule has 1 aromatic carbocycles. The molecule has 3 nitrogen and oxygen atoms in total. The molecule has 0 amide bonds. The molecule has 84 valence electrons. The van der Waals surface area contributed by atoms with Crippen molar-refractivity contribution in [3.63, 3.8) is 0 Å². The van der Waals surface area contributed by atoms with E-state index in [1.54, 1.807) is 0 Å². The lowest BCUT2D eigenvalue weighted by Gasteiger charge is -2.06. The first-order valence-electron chi connectivity index (χ1n) is 3.98. The van der Waals surface area contributed by atoms with E-state index >= 15 is 0 Å². The second-order valence-electron chi connectivity index (χ2n) is 2.66. The van der Waals surface area contributed by atoms with E-state index in [2.05, 4.69) is 4.72 Å². The van der Waals surface area contributed by atoms with Crippen molar-refractivity contribution in [3.8, 4) is 0 Å². The zero-order valence-electron chi connectivity index (χ0n) is 7.50. The Bertz CT molecular complexity index is 450. The summed E-state index contributed by atoms with van der Waals surface area (Å²) in [6.45, 7) is 0.0662. The van der Waals surface area contributed by atoms with E-state index in [9.17, 15) is 12.8 Å². The topological polar surface area (TPSA) is 46.2 Å². The van der Waals surface area contributed by atoms with Crippen LogP contribution in [-0.2, 0) is 10.0 Å². The van der Waals surface area contributed by atoms with Gasteiger partial charge in [0.2, 0.25) is 10.0 Å². The van der Waals surface area contributed by atoms with Crippen LogP contribution in [0.15, 0.2) is 23.1 Å². The van der Waals surface area contributed by atoms with Crippen molar-refractivity contribution in [2.45, 2.75) is 4.90 Å². The van der Waals surface area contributed by atoms with Crippen LogP contribution < -0.4 is 4.72 Å². The molecule has 0 radical (unpaired) electrons. The summed E-state index contributed by atoms with van der Waals surface area (Å²) < 4.78 is 38.1. The summed E-state index contributed by atoms with van der Waals surface area (Å²) in [5, 5.41) is -0.0292. The zero-order valence-corrected chi connectivity index (χ0v) is 9.83. The van der Waals surface area contributed by atoms with Gasteiger partial charge in [0.25, 0.3) is 0 Å². The SMILES string of the molecule is O=S(=O)(NCCCl)c1cc(F)ccc1Cl. The summed E-state index contributed by atoms with van der Waals surface area (Å²) >= 11 is 11.0. The lowest BCUT2D eigenvalue weighted by atomic mass is 10.3. The summed E-state index contributed by atoms with van der Waals surface area (Å²) in [4.78, 5) is -0.283. The molecule has 0 saturated heterocycles. The first kappa shape index (κ1) is 12.7. The minimum Gasteiger partial charge on any atom is -0.210 e. The van der Waals surface area contributed by atoms with E-state index in [0.717, 1.165) is 12.1 Å². The highest BCUT2D eigenvalue weighted by Gasteiger charge is 2.17. The molecule has 1 rings (SSSR count). The van der Waals surface area contributed by atoms with Crippen LogP contribution in [-0.4, -0.2) is 20.8 Å². The number of sulfonamides is 1. The number of hydrogen-bond acceptors (Lipinski definition) is 2. The largest absolute Gasteiger partial charge is 0.242 e. The lowest BCUT2D eigenvalue weighted by molar-refractivity contribution is 0.580. The standard InChI is InChI=1S/C8H8Cl2FNO2S/c9-3-4-12-15(13,14)8-5-6(11)1-2-7(8)10/h1-2,5,12H,3-4H2. The maximum Gasteiger partial charge on any atom is 0.242 e. The second kappa shape index (κ2) is 5.12. The van der Waals surface area contributed by atoms with Gasteiger partial charge in [0.05, 0.1) is 5.02 Å². The highest BCUT2D eigenvalue weighted by Crippen LogP contribution is 2.21. The molecule has 15 heavy (non-hydrogen) atoms. The fourth-order valence-corrected chi connectivity index (χ4v) is 2.68. The molecule has 0 unspecified atom stereocenters. The summed E-state index contributed by atoms with van der Waals surface area (Å²) in [5.41, 5.74) is 0. The van der Waals surface area contributed by atoms with Crippen molar-refractivity contribution in [1.29, 1.82) is 0 Å². The predicted molar refractivity (Wildman–Crippen MR) is 57.3 cm³/mol. The molecule has 0 aliphatic carbocycles. The third-order valence-electron chi connectivity index (χ3n) is 1.57. The van der Waals surface area contributed by atoms with E-state index in [0.29, 0.717) is 0 Å². The van der Waals surface area contributed by atoms with Crippen molar-refractivity contribution in [1.82, 2.24) is 4.72 Å². The average Bonchev–Trinajstić information content (AvgIpc) is 2.18. The molecule has 0 heterocycles. The Morgan fingerprint density at radius 2 is 2.07 bits per heavy atom. The molecule has 1 aromatic rings. The van der Waals surface area contributed by atoms with Gasteiger partial charge in [-0.25, -0.2) is 17.5 Å². The maximum absolute atomic E-state index is 12.8. The van der Waals surface area contributed by atoms with Gasteiger partial charge in [0.15, 0.2) is 0 Å². The van der Waals surface area contributed by atoms with Crippen molar-refractivity contribution >= 4 is 33.2 Å². The Morgan fingerprint density at radius 1 is 1.40 bits per heavy atom. The van der Waals surface area contributed by atoms with E-state index in [1.165, 1.54) is 6.07 Å². The molecule has 0 aliphatic rings. The van der Waals surface area contributed by atoms with Gasteiger partial charge in [-0.2, -0.15) is 0 Å². The van der Waals surface area contributed by atoms with Crippen LogP contribution in [0, 0.1) is 5.82 Å². The number of rotatable bonds is 4. The Hall–Kier alpha value is -0.360. The third kappa shape index (κ3) is 3.31. The third-order valence-corrected chi connectivity index (χ3v) is 3.70. The summed E-state index contributed by atoms with van der Waals surface area (Å²) in [6, 6.07) is 3.13. The fourth-order valence-electron chi connectivity index (χ4n) is 0.934. The number of nitrogens with one attached hydrogen (secondary N) is 1. The predicted octanol–water partition coefficient (Wildman–Crippen LogP) is 2.00. The Kier molecular flexibility index (Phi) is 4.33. The molecular formula is C8H8Cl2FNO2S. The normalized spacial score (nSPS) is 11.7. The molecule has 1 N–H and O–H groups in total. The molecule has 0 aliphatic heterocycles. The Labute approximate surface area is 97.2 Å². The van der Waals surface area contributed by atoms with Gasteiger partial charge in [0, 0.05) is 12.4 Å². The smallest absolute Gasteiger partial charge is 0.210 e. The van der Waals surface area contributed by atoms with Crippen LogP contribution in [0.2, 0.25) is 5.02 Å². The monoisotopic (exact) mass is 271 g/mol. The van der Waals surface area contributed by atoms with Crippen LogP contribution in [0.1, 0.15) is 0 Å². The van der Waals surface area contributed by atoms with Crippen molar-refractivity contribution in [2.75, 3.05) is 12.4 Å². The van der Waals surface area contributed by atoms with Crippen LogP contribution in [0.5, 0.6) is 0 Å². The van der Waals surface area contributed by atoms with Crippen molar-refractivity contribution in [2.24, 2.45) is 0 Å². The number of halogens is 3. The minimum absolute atomic E-state index is 0.0292. The summed E-state index contributed by atoms with van der Waals surface area (Å²) in [5.74, 6) is -0.530. The van der Waals surface area contributed by atoms with E-state index < -0.39 is 15.8 Å². The van der Waals surface area contributed by atoms with Gasteiger partial charge in [-0.15, -0.1) is 11.6 Å². The zero-order chi connectivity index (χ0) is 11.5. The highest BCUT2D eigenvalue weighted by molar-refractivity contribution is 7.89.